The van der Waals surface area contributed by atoms with Crippen LogP contribution in [0.1, 0.15) is 72.1 Å². The minimum absolute atomic E-state index is 0.0478. The SMILES string of the molecule is CCC(C)(CC)[N+]1(C(=O)COCCOCCOCCOCCN2C(=O)CC(S)C2=O)CCCCCCC1. The molecule has 214 valence electrons. The van der Waals surface area contributed by atoms with Crippen molar-refractivity contribution < 1.29 is 37.8 Å². The Hall–Kier alpha value is -1.04. The Morgan fingerprint density at radius 1 is 0.865 bits per heavy atom. The van der Waals surface area contributed by atoms with E-state index in [4.69, 9.17) is 18.9 Å². The molecular formula is C27H49N2O7S+. The van der Waals surface area contributed by atoms with Gasteiger partial charge < -0.3 is 18.9 Å². The van der Waals surface area contributed by atoms with Crippen molar-refractivity contribution in [1.29, 1.82) is 0 Å². The monoisotopic (exact) mass is 545 g/mol. The highest BCUT2D eigenvalue weighted by molar-refractivity contribution is 7.81. The maximum Gasteiger partial charge on any atom is 0.339 e. The number of nitrogens with zero attached hydrogens (tertiary/aromatic N) is 2. The van der Waals surface area contributed by atoms with Crippen LogP contribution in [0, 0.1) is 0 Å². The second-order valence-corrected chi connectivity index (χ2v) is 10.9. The van der Waals surface area contributed by atoms with Crippen LogP contribution in [-0.2, 0) is 33.3 Å². The highest BCUT2D eigenvalue weighted by Crippen LogP contribution is 2.35. The molecule has 0 saturated carbocycles. The van der Waals surface area contributed by atoms with Gasteiger partial charge in [0.2, 0.25) is 11.8 Å². The molecule has 0 aliphatic carbocycles. The maximum atomic E-state index is 13.5. The molecule has 0 aromatic heterocycles. The number of ether oxygens (including phenoxy) is 4. The third kappa shape index (κ3) is 9.28. The summed E-state index contributed by atoms with van der Waals surface area (Å²) in [5, 5.41) is -0.526. The number of likely N-dealkylation sites (tertiary alicyclic amines) is 2. The van der Waals surface area contributed by atoms with Crippen LogP contribution in [0.25, 0.3) is 0 Å². The van der Waals surface area contributed by atoms with Crippen molar-refractivity contribution in [2.75, 3.05) is 72.5 Å². The minimum Gasteiger partial charge on any atom is -0.377 e. The predicted molar refractivity (Wildman–Crippen MR) is 144 cm³/mol. The summed E-state index contributed by atoms with van der Waals surface area (Å²) in [6.07, 6.45) is 8.01. The molecule has 2 fully saturated rings. The van der Waals surface area contributed by atoms with Crippen molar-refractivity contribution in [2.24, 2.45) is 0 Å². The number of imide groups is 1. The van der Waals surface area contributed by atoms with Gasteiger partial charge in [-0.15, -0.1) is 0 Å². The number of rotatable bonds is 17. The lowest BCUT2D eigenvalue weighted by molar-refractivity contribution is -0.907. The quantitative estimate of drug-likeness (QED) is 0.130. The van der Waals surface area contributed by atoms with Gasteiger partial charge in [0.15, 0.2) is 6.61 Å². The summed E-state index contributed by atoms with van der Waals surface area (Å²) in [6, 6.07) is 0. The first-order chi connectivity index (χ1) is 17.8. The van der Waals surface area contributed by atoms with Crippen molar-refractivity contribution in [2.45, 2.75) is 82.9 Å². The average Bonchev–Trinajstić information content (AvgIpc) is 3.11. The van der Waals surface area contributed by atoms with E-state index in [0.29, 0.717) is 44.1 Å². The third-order valence-corrected chi connectivity index (χ3v) is 8.54. The second-order valence-electron chi connectivity index (χ2n) is 10.3. The summed E-state index contributed by atoms with van der Waals surface area (Å²) in [5.74, 6) is -0.244. The summed E-state index contributed by atoms with van der Waals surface area (Å²) in [4.78, 5) is 38.1. The summed E-state index contributed by atoms with van der Waals surface area (Å²) in [5.41, 5.74) is -0.0478. The fraction of sp³-hybridized carbons (Fsp3) is 0.889. The maximum absolute atomic E-state index is 13.5. The van der Waals surface area contributed by atoms with Crippen LogP contribution in [0.4, 0.5) is 0 Å². The van der Waals surface area contributed by atoms with Gasteiger partial charge in [0.25, 0.3) is 0 Å². The molecule has 0 aromatic carbocycles. The molecule has 0 N–H and O–H groups in total. The van der Waals surface area contributed by atoms with Gasteiger partial charge >= 0.3 is 5.91 Å². The second kappa shape index (κ2) is 16.8. The van der Waals surface area contributed by atoms with Crippen LogP contribution in [0.5, 0.6) is 0 Å². The standard InChI is InChI=1S/C27H48N2O7S/c1-4-27(3,5-2)29(12-9-7-6-8-10-13-29)25(31)22-36-20-19-35-18-17-34-16-15-33-14-11-28-24(30)21-23(37)26(28)32/h23H,4-22H2,1-3H3/p+1. The van der Waals surface area contributed by atoms with E-state index < -0.39 is 5.25 Å². The molecule has 0 radical (unpaired) electrons. The fourth-order valence-electron chi connectivity index (χ4n) is 5.35. The Morgan fingerprint density at radius 3 is 1.84 bits per heavy atom. The smallest absolute Gasteiger partial charge is 0.339 e. The number of quaternary nitrogens is 1. The molecule has 0 bridgehead atoms. The van der Waals surface area contributed by atoms with Crippen LogP contribution in [-0.4, -0.2) is 110 Å². The minimum atomic E-state index is -0.526. The Balaban J connectivity index is 1.54. The topological polar surface area (TPSA) is 91.4 Å². The Labute approximate surface area is 228 Å². The number of carbonyl (C=O) groups excluding carboxylic acids is 3. The number of amides is 3. The van der Waals surface area contributed by atoms with Crippen molar-refractivity contribution in [3.05, 3.63) is 0 Å². The Kier molecular flexibility index (Phi) is 14.6. The van der Waals surface area contributed by atoms with Gasteiger partial charge in [0, 0.05) is 6.42 Å². The highest BCUT2D eigenvalue weighted by Gasteiger charge is 2.50. The van der Waals surface area contributed by atoms with E-state index in [1.54, 1.807) is 0 Å². The van der Waals surface area contributed by atoms with Crippen LogP contribution in [0.2, 0.25) is 0 Å². The van der Waals surface area contributed by atoms with Gasteiger partial charge in [-0.3, -0.25) is 19.0 Å². The van der Waals surface area contributed by atoms with E-state index in [0.717, 1.165) is 38.8 Å². The fourth-order valence-corrected chi connectivity index (χ4v) is 5.65. The van der Waals surface area contributed by atoms with Gasteiger partial charge in [-0.2, -0.15) is 12.6 Å². The molecule has 2 rings (SSSR count). The molecule has 2 aliphatic heterocycles. The van der Waals surface area contributed by atoms with Crippen LogP contribution >= 0.6 is 12.6 Å². The van der Waals surface area contributed by atoms with Gasteiger partial charge in [-0.1, -0.05) is 20.3 Å². The Bertz CT molecular complexity index is 709. The Morgan fingerprint density at radius 2 is 1.35 bits per heavy atom. The highest BCUT2D eigenvalue weighted by atomic mass is 32.1. The summed E-state index contributed by atoms with van der Waals surface area (Å²) < 4.78 is 22.8. The molecule has 0 aromatic rings. The normalized spacial score (nSPS) is 20.8. The molecule has 3 amide bonds. The summed E-state index contributed by atoms with van der Waals surface area (Å²) in [7, 11) is 0. The first-order valence-electron chi connectivity index (χ1n) is 14.0. The zero-order chi connectivity index (χ0) is 27.2. The zero-order valence-electron chi connectivity index (χ0n) is 23.2. The van der Waals surface area contributed by atoms with Gasteiger partial charge in [-0.05, 0) is 45.4 Å². The molecule has 1 atom stereocenters. The van der Waals surface area contributed by atoms with Gasteiger partial charge in [-0.25, -0.2) is 4.79 Å². The molecule has 37 heavy (non-hydrogen) atoms. The number of hydrogen-bond acceptors (Lipinski definition) is 8. The molecule has 2 aliphatic rings. The summed E-state index contributed by atoms with van der Waals surface area (Å²) in [6.45, 7) is 11.6. The van der Waals surface area contributed by atoms with Crippen molar-refractivity contribution in [1.82, 2.24) is 4.90 Å². The molecular weight excluding hydrogens is 496 g/mol. The van der Waals surface area contributed by atoms with Crippen LogP contribution in [0.3, 0.4) is 0 Å². The molecule has 9 nitrogen and oxygen atoms in total. The first-order valence-corrected chi connectivity index (χ1v) is 14.6. The van der Waals surface area contributed by atoms with Gasteiger partial charge in [0.05, 0.1) is 71.1 Å². The lowest BCUT2D eigenvalue weighted by Gasteiger charge is -2.50. The lowest BCUT2D eigenvalue weighted by Crippen LogP contribution is -2.67. The zero-order valence-corrected chi connectivity index (χ0v) is 24.1. The predicted octanol–water partition coefficient (Wildman–Crippen LogP) is 3.00. The van der Waals surface area contributed by atoms with Crippen molar-refractivity contribution in [3.8, 4) is 0 Å². The van der Waals surface area contributed by atoms with E-state index in [1.807, 2.05) is 0 Å². The van der Waals surface area contributed by atoms with Crippen molar-refractivity contribution >= 4 is 30.4 Å². The van der Waals surface area contributed by atoms with Crippen molar-refractivity contribution in [3.63, 3.8) is 0 Å². The van der Waals surface area contributed by atoms with Crippen LogP contribution < -0.4 is 0 Å². The molecule has 2 saturated heterocycles. The first kappa shape index (κ1) is 32.2. The van der Waals surface area contributed by atoms with E-state index in [2.05, 4.69) is 33.4 Å². The van der Waals surface area contributed by atoms with Crippen LogP contribution in [0.15, 0.2) is 0 Å². The number of thiol groups is 1. The molecule has 10 heteroatoms. The third-order valence-electron chi connectivity index (χ3n) is 8.13. The number of hydrogen-bond donors (Lipinski definition) is 1. The van der Waals surface area contributed by atoms with Gasteiger partial charge in [0.1, 0.15) is 5.54 Å². The molecule has 0 spiro atoms. The van der Waals surface area contributed by atoms with E-state index in [1.165, 1.54) is 24.2 Å². The van der Waals surface area contributed by atoms with E-state index >= 15 is 0 Å². The average molecular weight is 546 g/mol. The van der Waals surface area contributed by atoms with E-state index in [-0.39, 0.29) is 49.4 Å². The number of carbonyl (C=O) groups is 3. The lowest BCUT2D eigenvalue weighted by atomic mass is 9.87. The summed E-state index contributed by atoms with van der Waals surface area (Å²) >= 11 is 4.09. The van der Waals surface area contributed by atoms with E-state index in [9.17, 15) is 14.4 Å². The largest absolute Gasteiger partial charge is 0.377 e. The molecule has 2 heterocycles. The molecule has 1 unspecified atom stereocenters.